The molecule has 1 aliphatic heterocycles. The summed E-state index contributed by atoms with van der Waals surface area (Å²) in [4.78, 5) is 0. The van der Waals surface area contributed by atoms with E-state index >= 15 is 0 Å². The quantitative estimate of drug-likeness (QED) is 0.945. The second kappa shape index (κ2) is 5.55. The van der Waals surface area contributed by atoms with E-state index in [1.165, 1.54) is 4.68 Å². The number of fused-ring (bicyclic) bond motifs is 1. The van der Waals surface area contributed by atoms with Crippen LogP contribution in [0, 0.1) is 0 Å². The van der Waals surface area contributed by atoms with E-state index < -0.39 is 11.9 Å². The van der Waals surface area contributed by atoms with Gasteiger partial charge in [0.05, 0.1) is 13.7 Å². The van der Waals surface area contributed by atoms with Crippen LogP contribution in [0.3, 0.4) is 0 Å². The van der Waals surface area contributed by atoms with Crippen molar-refractivity contribution in [3.63, 3.8) is 0 Å². The van der Waals surface area contributed by atoms with Gasteiger partial charge in [0.25, 0.3) is 0 Å². The molecule has 0 amide bonds. The van der Waals surface area contributed by atoms with Gasteiger partial charge in [0.15, 0.2) is 5.69 Å². The second-order valence-corrected chi connectivity index (χ2v) is 5.21. The number of aromatic nitrogens is 2. The van der Waals surface area contributed by atoms with Gasteiger partial charge in [0.2, 0.25) is 0 Å². The third-order valence-electron chi connectivity index (χ3n) is 3.71. The average Bonchev–Trinajstić information content (AvgIpc) is 2.87. The first-order chi connectivity index (χ1) is 10.5. The summed E-state index contributed by atoms with van der Waals surface area (Å²) in [6, 6.07) is 7.21. The third-order valence-corrected chi connectivity index (χ3v) is 3.71. The van der Waals surface area contributed by atoms with Crippen LogP contribution in [-0.2, 0) is 19.1 Å². The minimum Gasteiger partial charge on any atom is -0.497 e. The van der Waals surface area contributed by atoms with Crippen LogP contribution in [0.25, 0.3) is 0 Å². The van der Waals surface area contributed by atoms with Gasteiger partial charge in [-0.15, -0.1) is 0 Å². The highest BCUT2D eigenvalue weighted by Gasteiger charge is 2.39. The first kappa shape index (κ1) is 14.7. The minimum atomic E-state index is -4.42. The van der Waals surface area contributed by atoms with Gasteiger partial charge in [-0.2, -0.15) is 18.3 Å². The number of hydrogen-bond donors (Lipinski definition) is 1. The molecular weight excluding hydrogens is 295 g/mol. The van der Waals surface area contributed by atoms with Crippen LogP contribution < -0.4 is 10.1 Å². The van der Waals surface area contributed by atoms with E-state index in [0.29, 0.717) is 31.0 Å². The molecule has 7 heteroatoms. The Morgan fingerprint density at radius 3 is 2.64 bits per heavy atom. The smallest absolute Gasteiger partial charge is 0.435 e. The Labute approximate surface area is 125 Å². The van der Waals surface area contributed by atoms with Gasteiger partial charge >= 0.3 is 6.18 Å². The molecule has 118 valence electrons. The lowest BCUT2D eigenvalue weighted by Gasteiger charge is -2.17. The predicted molar refractivity (Wildman–Crippen MR) is 76.1 cm³/mol. The topological polar surface area (TPSA) is 39.1 Å². The second-order valence-electron chi connectivity index (χ2n) is 5.21. The molecule has 0 atom stereocenters. The molecule has 4 nitrogen and oxygen atoms in total. The number of nitrogens with zero attached hydrogens (tertiary/aromatic N) is 2. The van der Waals surface area contributed by atoms with Crippen LogP contribution in [-0.4, -0.2) is 23.4 Å². The van der Waals surface area contributed by atoms with Gasteiger partial charge in [-0.3, -0.25) is 0 Å². The van der Waals surface area contributed by atoms with Crippen molar-refractivity contribution in [1.29, 1.82) is 0 Å². The highest BCUT2D eigenvalue weighted by Crippen LogP contribution is 2.37. The molecule has 0 aliphatic carbocycles. The van der Waals surface area contributed by atoms with E-state index in [1.807, 2.05) is 12.1 Å². The van der Waals surface area contributed by atoms with Crippen LogP contribution in [0.1, 0.15) is 23.2 Å². The van der Waals surface area contributed by atoms with E-state index in [1.54, 1.807) is 19.2 Å². The van der Waals surface area contributed by atoms with Crippen LogP contribution in [0.4, 0.5) is 19.0 Å². The molecule has 1 aromatic carbocycles. The van der Waals surface area contributed by atoms with E-state index in [0.717, 1.165) is 5.56 Å². The number of benzene rings is 1. The molecule has 3 rings (SSSR count). The van der Waals surface area contributed by atoms with Crippen molar-refractivity contribution in [2.45, 2.75) is 25.6 Å². The lowest BCUT2D eigenvalue weighted by molar-refractivity contribution is -0.142. The summed E-state index contributed by atoms with van der Waals surface area (Å²) in [5.74, 6) is 1.19. The monoisotopic (exact) mass is 311 g/mol. The number of alkyl halides is 3. The van der Waals surface area contributed by atoms with Crippen LogP contribution in [0.15, 0.2) is 24.3 Å². The summed E-state index contributed by atoms with van der Waals surface area (Å²) in [6.45, 7) is 0.952. The zero-order valence-electron chi connectivity index (χ0n) is 12.1. The lowest BCUT2D eigenvalue weighted by Crippen LogP contribution is -2.16. The van der Waals surface area contributed by atoms with Crippen molar-refractivity contribution in [2.24, 2.45) is 0 Å². The summed E-state index contributed by atoms with van der Waals surface area (Å²) < 4.78 is 45.8. The van der Waals surface area contributed by atoms with Gasteiger partial charge in [0.1, 0.15) is 11.6 Å². The van der Waals surface area contributed by atoms with Crippen molar-refractivity contribution < 1.29 is 17.9 Å². The summed E-state index contributed by atoms with van der Waals surface area (Å²) in [7, 11) is 1.57. The molecule has 1 aliphatic rings. The molecule has 0 radical (unpaired) electrons. The number of rotatable bonds is 3. The van der Waals surface area contributed by atoms with Crippen molar-refractivity contribution in [1.82, 2.24) is 9.78 Å². The summed E-state index contributed by atoms with van der Waals surface area (Å²) >= 11 is 0. The number of nitrogens with one attached hydrogen (secondary N) is 1. The van der Waals surface area contributed by atoms with E-state index in [9.17, 15) is 13.2 Å². The maximum absolute atomic E-state index is 13.1. The Morgan fingerprint density at radius 2 is 2.00 bits per heavy atom. The maximum atomic E-state index is 13.1. The standard InChI is InChI=1S/C15H16F3N3O/c1-22-11-6-4-10(5-7-11)9-21-14-12(3-2-8-19-14)13(20-21)15(16,17)18/h4-7,19H,2-3,8-9H2,1H3. The van der Waals surface area contributed by atoms with E-state index in [-0.39, 0.29) is 12.1 Å². The molecule has 0 saturated heterocycles. The maximum Gasteiger partial charge on any atom is 0.435 e. The van der Waals surface area contributed by atoms with Gasteiger partial charge in [-0.05, 0) is 30.5 Å². The zero-order chi connectivity index (χ0) is 15.7. The highest BCUT2D eigenvalue weighted by atomic mass is 19.4. The molecular formula is C15H16F3N3O. The van der Waals surface area contributed by atoms with Gasteiger partial charge in [0, 0.05) is 12.1 Å². The number of anilines is 1. The molecule has 0 bridgehead atoms. The highest BCUT2D eigenvalue weighted by molar-refractivity contribution is 5.51. The Morgan fingerprint density at radius 1 is 1.27 bits per heavy atom. The lowest BCUT2D eigenvalue weighted by atomic mass is 10.1. The van der Waals surface area contributed by atoms with Gasteiger partial charge in [-0.1, -0.05) is 12.1 Å². The molecule has 0 saturated carbocycles. The van der Waals surface area contributed by atoms with E-state index in [2.05, 4.69) is 10.4 Å². The molecule has 0 spiro atoms. The fourth-order valence-electron chi connectivity index (χ4n) is 2.65. The predicted octanol–water partition coefficient (Wildman–Crippen LogP) is 3.32. The fourth-order valence-corrected chi connectivity index (χ4v) is 2.65. The number of methoxy groups -OCH3 is 1. The van der Waals surface area contributed by atoms with Gasteiger partial charge in [-0.25, -0.2) is 4.68 Å². The van der Waals surface area contributed by atoms with Crippen LogP contribution in [0.5, 0.6) is 5.75 Å². The molecule has 1 N–H and O–H groups in total. The van der Waals surface area contributed by atoms with Crippen molar-refractivity contribution >= 4 is 5.82 Å². The Bertz CT molecular complexity index is 662. The molecule has 0 fully saturated rings. The summed E-state index contributed by atoms with van der Waals surface area (Å²) in [6.07, 6.45) is -3.33. The van der Waals surface area contributed by atoms with Crippen molar-refractivity contribution in [3.05, 3.63) is 41.1 Å². The summed E-state index contributed by atoms with van der Waals surface area (Å²) in [5.41, 5.74) is 0.364. The summed E-state index contributed by atoms with van der Waals surface area (Å²) in [5, 5.41) is 6.84. The largest absolute Gasteiger partial charge is 0.497 e. The van der Waals surface area contributed by atoms with Crippen molar-refractivity contribution in [2.75, 3.05) is 19.0 Å². The Balaban J connectivity index is 1.94. The van der Waals surface area contributed by atoms with E-state index in [4.69, 9.17) is 4.74 Å². The Kier molecular flexibility index (Phi) is 3.72. The average molecular weight is 311 g/mol. The van der Waals surface area contributed by atoms with Crippen molar-refractivity contribution in [3.8, 4) is 5.75 Å². The normalized spacial score (nSPS) is 14.4. The number of halogens is 3. The number of hydrogen-bond acceptors (Lipinski definition) is 3. The molecule has 0 unspecified atom stereocenters. The van der Waals surface area contributed by atoms with Gasteiger partial charge < -0.3 is 10.1 Å². The molecule has 2 aromatic rings. The first-order valence-electron chi connectivity index (χ1n) is 7.02. The zero-order valence-corrected chi connectivity index (χ0v) is 12.1. The molecule has 1 aromatic heterocycles. The third kappa shape index (κ3) is 2.75. The number of ether oxygens (including phenoxy) is 1. The van der Waals surface area contributed by atoms with Crippen LogP contribution >= 0.6 is 0 Å². The fraction of sp³-hybridized carbons (Fsp3) is 0.400. The Hall–Kier alpha value is -2.18. The first-order valence-corrected chi connectivity index (χ1v) is 7.02. The molecule has 2 heterocycles. The SMILES string of the molecule is COc1ccc(Cn2nc(C(F)(F)F)c3c2NCCC3)cc1. The van der Waals surface area contributed by atoms with Crippen LogP contribution in [0.2, 0.25) is 0 Å². The minimum absolute atomic E-state index is 0.271. The molecule has 22 heavy (non-hydrogen) atoms.